The van der Waals surface area contributed by atoms with Gasteiger partial charge in [-0.15, -0.1) is 0 Å². The monoisotopic (exact) mass is 469 g/mol. The third kappa shape index (κ3) is 4.35. The van der Waals surface area contributed by atoms with E-state index in [1.807, 2.05) is 31.2 Å². The number of rotatable bonds is 4. The van der Waals surface area contributed by atoms with Crippen LogP contribution in [0, 0.1) is 0 Å². The Morgan fingerprint density at radius 3 is 2.41 bits per heavy atom. The zero-order chi connectivity index (χ0) is 23.0. The molecule has 0 fully saturated rings. The summed E-state index contributed by atoms with van der Waals surface area (Å²) in [4.78, 5) is 26.6. The van der Waals surface area contributed by atoms with Gasteiger partial charge in [-0.2, -0.15) is 0 Å². The first-order valence-corrected chi connectivity index (χ1v) is 11.5. The minimum absolute atomic E-state index is 0.0195. The van der Waals surface area contributed by atoms with Gasteiger partial charge < -0.3 is 10.1 Å². The van der Waals surface area contributed by atoms with E-state index in [2.05, 4.69) is 17.4 Å². The molecule has 2 aromatic rings. The lowest BCUT2D eigenvalue weighted by atomic mass is 9.72. The summed E-state index contributed by atoms with van der Waals surface area (Å²) in [5.41, 5.74) is 4.46. The number of halogens is 2. The first-order valence-electron chi connectivity index (χ1n) is 10.7. The molecule has 1 N–H and O–H groups in total. The van der Waals surface area contributed by atoms with Gasteiger partial charge >= 0.3 is 5.97 Å². The van der Waals surface area contributed by atoms with E-state index >= 15 is 0 Å². The Kier molecular flexibility index (Phi) is 6.45. The molecule has 2 aliphatic rings. The summed E-state index contributed by atoms with van der Waals surface area (Å²) in [6.07, 6.45) is 0.790. The van der Waals surface area contributed by atoms with Crippen LogP contribution in [0.3, 0.4) is 0 Å². The van der Waals surface area contributed by atoms with Gasteiger partial charge in [-0.1, -0.05) is 59.6 Å². The number of hydrogen-bond donors (Lipinski definition) is 1. The molecule has 6 heteroatoms. The van der Waals surface area contributed by atoms with Crippen LogP contribution in [0.15, 0.2) is 71.1 Å². The number of carbonyl (C=O) groups is 2. The molecule has 1 aliphatic heterocycles. The van der Waals surface area contributed by atoms with Crippen LogP contribution in [0.4, 0.5) is 0 Å². The number of allylic oxidation sites excluding steroid dienone is 3. The molecule has 4 rings (SSSR count). The van der Waals surface area contributed by atoms with Crippen molar-refractivity contribution < 1.29 is 14.3 Å². The number of benzene rings is 2. The SMILES string of the molecule is CC1=C(C(=O)OC(C)C)C(c2ccc(Cl)c(Cl)c2)C2=C(CC(c3ccccc3)CC2=O)N1. The first kappa shape index (κ1) is 22.6. The third-order valence-corrected chi connectivity index (χ3v) is 6.68. The van der Waals surface area contributed by atoms with E-state index in [1.165, 1.54) is 0 Å². The molecule has 1 aliphatic carbocycles. The lowest BCUT2D eigenvalue weighted by molar-refractivity contribution is -0.143. The highest BCUT2D eigenvalue weighted by atomic mass is 35.5. The smallest absolute Gasteiger partial charge is 0.337 e. The van der Waals surface area contributed by atoms with Crippen LogP contribution < -0.4 is 5.32 Å². The van der Waals surface area contributed by atoms with Gasteiger partial charge in [0, 0.05) is 29.3 Å². The van der Waals surface area contributed by atoms with Crippen molar-refractivity contribution in [3.63, 3.8) is 0 Å². The van der Waals surface area contributed by atoms with Gasteiger partial charge in [-0.25, -0.2) is 4.79 Å². The van der Waals surface area contributed by atoms with Crippen molar-refractivity contribution in [3.05, 3.63) is 92.2 Å². The van der Waals surface area contributed by atoms with Crippen molar-refractivity contribution >= 4 is 35.0 Å². The predicted octanol–water partition coefficient (Wildman–Crippen LogP) is 6.31. The van der Waals surface area contributed by atoms with Gasteiger partial charge in [0.25, 0.3) is 0 Å². The van der Waals surface area contributed by atoms with Crippen LogP contribution in [0.25, 0.3) is 0 Å². The predicted molar refractivity (Wildman–Crippen MR) is 127 cm³/mol. The van der Waals surface area contributed by atoms with Crippen molar-refractivity contribution in [2.24, 2.45) is 0 Å². The Morgan fingerprint density at radius 1 is 1.03 bits per heavy atom. The zero-order valence-corrected chi connectivity index (χ0v) is 19.8. The van der Waals surface area contributed by atoms with Gasteiger partial charge in [-0.05, 0) is 56.4 Å². The molecular weight excluding hydrogens is 445 g/mol. The van der Waals surface area contributed by atoms with E-state index < -0.39 is 11.9 Å². The topological polar surface area (TPSA) is 55.4 Å². The number of dihydropyridines is 1. The average molecular weight is 470 g/mol. The lowest BCUT2D eigenvalue weighted by Crippen LogP contribution is -2.36. The highest BCUT2D eigenvalue weighted by Gasteiger charge is 2.41. The normalized spacial score (nSPS) is 20.9. The maximum atomic E-state index is 13.5. The summed E-state index contributed by atoms with van der Waals surface area (Å²) in [7, 11) is 0. The fourth-order valence-electron chi connectivity index (χ4n) is 4.57. The van der Waals surface area contributed by atoms with Gasteiger partial charge in [-0.3, -0.25) is 4.79 Å². The highest BCUT2D eigenvalue weighted by Crippen LogP contribution is 2.46. The number of carbonyl (C=O) groups excluding carboxylic acids is 2. The Hall–Kier alpha value is -2.56. The second-order valence-electron chi connectivity index (χ2n) is 8.56. The quantitative estimate of drug-likeness (QED) is 0.533. The van der Waals surface area contributed by atoms with Crippen molar-refractivity contribution in [3.8, 4) is 0 Å². The summed E-state index contributed by atoms with van der Waals surface area (Å²) in [5, 5.41) is 4.16. The molecule has 166 valence electrons. The van der Waals surface area contributed by atoms with E-state index in [9.17, 15) is 9.59 Å². The number of Topliss-reactive ketones (excluding diaryl/α,β-unsaturated/α-hetero) is 1. The summed E-state index contributed by atoms with van der Waals surface area (Å²) in [6.45, 7) is 5.46. The summed E-state index contributed by atoms with van der Waals surface area (Å²) in [6, 6.07) is 15.3. The molecule has 0 aromatic heterocycles. The van der Waals surface area contributed by atoms with E-state index in [0.717, 1.165) is 16.8 Å². The van der Waals surface area contributed by atoms with E-state index in [4.69, 9.17) is 27.9 Å². The van der Waals surface area contributed by atoms with Crippen molar-refractivity contribution in [1.82, 2.24) is 5.32 Å². The van der Waals surface area contributed by atoms with Crippen molar-refractivity contribution in [2.75, 3.05) is 0 Å². The van der Waals surface area contributed by atoms with Gasteiger partial charge in [0.1, 0.15) is 0 Å². The molecule has 2 aromatic carbocycles. The molecule has 1 heterocycles. The molecule has 0 amide bonds. The van der Waals surface area contributed by atoms with Crippen LogP contribution in [-0.4, -0.2) is 17.9 Å². The molecule has 2 atom stereocenters. The van der Waals surface area contributed by atoms with E-state index in [0.29, 0.717) is 39.7 Å². The summed E-state index contributed by atoms with van der Waals surface area (Å²) in [5.74, 6) is -0.894. The minimum atomic E-state index is -0.559. The average Bonchev–Trinajstić information content (AvgIpc) is 2.74. The fourth-order valence-corrected chi connectivity index (χ4v) is 4.88. The minimum Gasteiger partial charge on any atom is -0.460 e. The van der Waals surface area contributed by atoms with Gasteiger partial charge in [0.05, 0.1) is 21.7 Å². The standard InChI is InChI=1S/C26H25Cl2NO3/c1-14(2)32-26(31)23-15(3)29-21-12-18(16-7-5-4-6-8-16)13-22(30)25(21)24(23)17-9-10-19(27)20(28)11-17/h4-11,14,18,24,29H,12-13H2,1-3H3. The summed E-state index contributed by atoms with van der Waals surface area (Å²) < 4.78 is 5.54. The Labute approximate surface area is 198 Å². The molecule has 0 radical (unpaired) electrons. The Morgan fingerprint density at radius 2 is 1.75 bits per heavy atom. The maximum Gasteiger partial charge on any atom is 0.337 e. The van der Waals surface area contributed by atoms with Crippen LogP contribution in [-0.2, 0) is 14.3 Å². The van der Waals surface area contributed by atoms with E-state index in [-0.39, 0.29) is 17.8 Å². The molecule has 32 heavy (non-hydrogen) atoms. The largest absolute Gasteiger partial charge is 0.460 e. The number of ketones is 1. The number of ether oxygens (including phenoxy) is 1. The Balaban J connectivity index is 1.82. The fraction of sp³-hybridized carbons (Fsp3) is 0.308. The van der Waals surface area contributed by atoms with Gasteiger partial charge in [0.15, 0.2) is 5.78 Å². The molecule has 2 unspecified atom stereocenters. The second kappa shape index (κ2) is 9.13. The molecule has 0 saturated heterocycles. The van der Waals surface area contributed by atoms with Crippen molar-refractivity contribution in [2.45, 2.75) is 51.6 Å². The lowest BCUT2D eigenvalue weighted by Gasteiger charge is -2.37. The van der Waals surface area contributed by atoms with Crippen LogP contribution in [0.5, 0.6) is 0 Å². The Bertz CT molecular complexity index is 1140. The van der Waals surface area contributed by atoms with E-state index in [1.54, 1.807) is 26.0 Å². The molecule has 4 nitrogen and oxygen atoms in total. The third-order valence-electron chi connectivity index (χ3n) is 5.94. The number of esters is 1. The van der Waals surface area contributed by atoms with Crippen LogP contribution >= 0.6 is 23.2 Å². The zero-order valence-electron chi connectivity index (χ0n) is 18.2. The molecule has 0 spiro atoms. The van der Waals surface area contributed by atoms with Crippen molar-refractivity contribution in [1.29, 1.82) is 0 Å². The molecular formula is C26H25Cl2NO3. The summed E-state index contributed by atoms with van der Waals surface area (Å²) >= 11 is 12.5. The van der Waals surface area contributed by atoms with Gasteiger partial charge in [0.2, 0.25) is 0 Å². The van der Waals surface area contributed by atoms with Crippen LogP contribution in [0.1, 0.15) is 56.6 Å². The first-order chi connectivity index (χ1) is 15.3. The number of hydrogen-bond acceptors (Lipinski definition) is 4. The highest BCUT2D eigenvalue weighted by molar-refractivity contribution is 6.42. The van der Waals surface area contributed by atoms with Crippen LogP contribution in [0.2, 0.25) is 10.0 Å². The molecule has 0 saturated carbocycles. The molecule has 0 bridgehead atoms. The maximum absolute atomic E-state index is 13.5. The second-order valence-corrected chi connectivity index (χ2v) is 9.37. The number of nitrogens with one attached hydrogen (secondary N) is 1.